The molecule has 0 spiro atoms. The fourth-order valence-electron chi connectivity index (χ4n) is 2.04. The molecule has 4 nitrogen and oxygen atoms in total. The number of para-hydroxylation sites is 1. The van der Waals surface area contributed by atoms with Crippen LogP contribution in [0.25, 0.3) is 0 Å². The summed E-state index contributed by atoms with van der Waals surface area (Å²) >= 11 is 0. The lowest BCUT2D eigenvalue weighted by molar-refractivity contribution is 0.301. The Kier molecular flexibility index (Phi) is 3.96. The highest BCUT2D eigenvalue weighted by Crippen LogP contribution is 2.11. The first kappa shape index (κ1) is 13.4. The van der Waals surface area contributed by atoms with E-state index in [2.05, 4.69) is 41.5 Å². The van der Waals surface area contributed by atoms with Gasteiger partial charge in [0.2, 0.25) is 0 Å². The van der Waals surface area contributed by atoms with Crippen LogP contribution in [0.1, 0.15) is 16.8 Å². The van der Waals surface area contributed by atoms with Crippen LogP contribution in [-0.4, -0.2) is 15.0 Å². The maximum Gasteiger partial charge on any atom is 0.134 e. The van der Waals surface area contributed by atoms with E-state index in [-0.39, 0.29) is 0 Å². The molecule has 0 bridgehead atoms. The maximum atomic E-state index is 5.66. The third-order valence-electron chi connectivity index (χ3n) is 3.18. The number of benzene rings is 2. The lowest BCUT2D eigenvalue weighted by Crippen LogP contribution is -2.00. The summed E-state index contributed by atoms with van der Waals surface area (Å²) in [5.41, 5.74) is 3.29. The molecule has 1 heterocycles. The maximum absolute atomic E-state index is 5.66. The van der Waals surface area contributed by atoms with E-state index >= 15 is 0 Å². The molecule has 0 fully saturated rings. The van der Waals surface area contributed by atoms with Crippen LogP contribution in [0.4, 0.5) is 0 Å². The van der Waals surface area contributed by atoms with E-state index < -0.39 is 0 Å². The third-order valence-corrected chi connectivity index (χ3v) is 3.18. The highest BCUT2D eigenvalue weighted by Gasteiger charge is 2.03. The number of ether oxygens (including phenoxy) is 1. The fourth-order valence-corrected chi connectivity index (χ4v) is 2.04. The Labute approximate surface area is 124 Å². The molecule has 0 atom stereocenters. The van der Waals surface area contributed by atoms with Gasteiger partial charge in [-0.2, -0.15) is 0 Å². The summed E-state index contributed by atoms with van der Waals surface area (Å²) in [6.45, 7) is 3.23. The molecule has 1 aromatic heterocycles. The minimum Gasteiger partial charge on any atom is -0.487 e. The van der Waals surface area contributed by atoms with Gasteiger partial charge in [0.15, 0.2) is 0 Å². The van der Waals surface area contributed by atoms with E-state index in [9.17, 15) is 0 Å². The first-order valence-corrected chi connectivity index (χ1v) is 6.92. The Bertz CT molecular complexity index is 690. The van der Waals surface area contributed by atoms with E-state index in [1.165, 1.54) is 11.1 Å². The summed E-state index contributed by atoms with van der Waals surface area (Å²) in [7, 11) is 0. The molecule has 0 N–H and O–H groups in total. The SMILES string of the molecule is Cc1ccc(Cn2cc(COc3ccccc3)nn2)cc1. The van der Waals surface area contributed by atoms with Gasteiger partial charge in [0.05, 0.1) is 12.7 Å². The molecule has 21 heavy (non-hydrogen) atoms. The monoisotopic (exact) mass is 279 g/mol. The molecule has 0 aliphatic rings. The average molecular weight is 279 g/mol. The van der Waals surface area contributed by atoms with Crippen molar-refractivity contribution in [1.82, 2.24) is 15.0 Å². The lowest BCUT2D eigenvalue weighted by atomic mass is 10.1. The molecule has 4 heteroatoms. The van der Waals surface area contributed by atoms with E-state index in [4.69, 9.17) is 4.74 Å². The van der Waals surface area contributed by atoms with Crippen molar-refractivity contribution in [3.63, 3.8) is 0 Å². The van der Waals surface area contributed by atoms with E-state index in [1.54, 1.807) is 0 Å². The molecule has 3 rings (SSSR count). The normalized spacial score (nSPS) is 10.5. The predicted octanol–water partition coefficient (Wildman–Crippen LogP) is 3.21. The first-order chi connectivity index (χ1) is 10.3. The minimum atomic E-state index is 0.428. The number of aryl methyl sites for hydroxylation is 1. The van der Waals surface area contributed by atoms with Gasteiger partial charge in [-0.3, -0.25) is 0 Å². The molecule has 0 radical (unpaired) electrons. The van der Waals surface area contributed by atoms with Crippen molar-refractivity contribution >= 4 is 0 Å². The van der Waals surface area contributed by atoms with Gasteiger partial charge in [-0.25, -0.2) is 4.68 Å². The van der Waals surface area contributed by atoms with Crippen LogP contribution in [0.15, 0.2) is 60.8 Å². The van der Waals surface area contributed by atoms with Crippen LogP contribution in [-0.2, 0) is 13.2 Å². The minimum absolute atomic E-state index is 0.428. The Hall–Kier alpha value is -2.62. The van der Waals surface area contributed by atoms with Gasteiger partial charge < -0.3 is 4.74 Å². The summed E-state index contributed by atoms with van der Waals surface area (Å²) < 4.78 is 7.48. The highest BCUT2D eigenvalue weighted by molar-refractivity contribution is 5.22. The third kappa shape index (κ3) is 3.69. The topological polar surface area (TPSA) is 39.9 Å². The van der Waals surface area contributed by atoms with Crippen molar-refractivity contribution < 1.29 is 4.74 Å². The molecule has 3 aromatic rings. The van der Waals surface area contributed by atoms with Crippen LogP contribution in [0.3, 0.4) is 0 Å². The summed E-state index contributed by atoms with van der Waals surface area (Å²) in [5, 5.41) is 8.27. The van der Waals surface area contributed by atoms with E-state index in [1.807, 2.05) is 41.2 Å². The average Bonchev–Trinajstić information content (AvgIpc) is 2.96. The van der Waals surface area contributed by atoms with Crippen molar-refractivity contribution in [3.8, 4) is 5.75 Å². The van der Waals surface area contributed by atoms with E-state index in [0.29, 0.717) is 6.61 Å². The molecule has 106 valence electrons. The number of nitrogens with zero attached hydrogens (tertiary/aromatic N) is 3. The lowest BCUT2D eigenvalue weighted by Gasteiger charge is -2.02. The standard InChI is InChI=1S/C17H17N3O/c1-14-7-9-15(10-8-14)11-20-12-16(18-19-20)13-21-17-5-3-2-4-6-17/h2-10,12H,11,13H2,1H3. The summed E-state index contributed by atoms with van der Waals surface area (Å²) in [4.78, 5) is 0. The van der Waals surface area contributed by atoms with Crippen molar-refractivity contribution in [2.75, 3.05) is 0 Å². The van der Waals surface area contributed by atoms with Gasteiger partial charge in [-0.1, -0.05) is 53.2 Å². The Morgan fingerprint density at radius 3 is 2.52 bits per heavy atom. The molecule has 0 saturated heterocycles. The molecule has 2 aromatic carbocycles. The Balaban J connectivity index is 1.59. The Morgan fingerprint density at radius 2 is 1.76 bits per heavy atom. The van der Waals surface area contributed by atoms with Crippen molar-refractivity contribution in [3.05, 3.63) is 77.6 Å². The van der Waals surface area contributed by atoms with Crippen molar-refractivity contribution in [1.29, 1.82) is 0 Å². The van der Waals surface area contributed by atoms with Crippen molar-refractivity contribution in [2.45, 2.75) is 20.1 Å². The Morgan fingerprint density at radius 1 is 1.00 bits per heavy atom. The second-order valence-corrected chi connectivity index (χ2v) is 4.99. The zero-order valence-electron chi connectivity index (χ0n) is 11.9. The summed E-state index contributed by atoms with van der Waals surface area (Å²) in [5.74, 6) is 0.839. The number of hydrogen-bond acceptors (Lipinski definition) is 3. The van der Waals surface area contributed by atoms with Crippen LogP contribution >= 0.6 is 0 Å². The summed E-state index contributed by atoms with van der Waals surface area (Å²) in [6, 6.07) is 18.1. The molecular weight excluding hydrogens is 262 g/mol. The quantitative estimate of drug-likeness (QED) is 0.720. The van der Waals surface area contributed by atoms with Gasteiger partial charge in [-0.05, 0) is 24.6 Å². The van der Waals surface area contributed by atoms with Gasteiger partial charge in [-0.15, -0.1) is 5.10 Å². The van der Waals surface area contributed by atoms with Gasteiger partial charge in [0.25, 0.3) is 0 Å². The van der Waals surface area contributed by atoms with Gasteiger partial charge in [0, 0.05) is 0 Å². The predicted molar refractivity (Wildman–Crippen MR) is 81.1 cm³/mol. The molecule has 0 amide bonds. The van der Waals surface area contributed by atoms with Crippen LogP contribution in [0.2, 0.25) is 0 Å². The van der Waals surface area contributed by atoms with Gasteiger partial charge in [0.1, 0.15) is 18.1 Å². The second-order valence-electron chi connectivity index (χ2n) is 4.99. The zero-order chi connectivity index (χ0) is 14.5. The van der Waals surface area contributed by atoms with Crippen LogP contribution in [0, 0.1) is 6.92 Å². The number of rotatable bonds is 5. The smallest absolute Gasteiger partial charge is 0.134 e. The first-order valence-electron chi connectivity index (χ1n) is 6.92. The largest absolute Gasteiger partial charge is 0.487 e. The molecule has 0 saturated carbocycles. The van der Waals surface area contributed by atoms with Crippen molar-refractivity contribution in [2.24, 2.45) is 0 Å². The van der Waals surface area contributed by atoms with Crippen LogP contribution < -0.4 is 4.74 Å². The van der Waals surface area contributed by atoms with E-state index in [0.717, 1.165) is 18.0 Å². The fraction of sp³-hybridized carbons (Fsp3) is 0.176. The zero-order valence-corrected chi connectivity index (χ0v) is 11.9. The summed E-state index contributed by atoms with van der Waals surface area (Å²) in [6.07, 6.45) is 1.92. The highest BCUT2D eigenvalue weighted by atomic mass is 16.5. The molecule has 0 aliphatic heterocycles. The number of hydrogen-bond donors (Lipinski definition) is 0. The van der Waals surface area contributed by atoms with Crippen LogP contribution in [0.5, 0.6) is 5.75 Å². The van der Waals surface area contributed by atoms with Gasteiger partial charge >= 0.3 is 0 Å². The number of aromatic nitrogens is 3. The molecule has 0 aliphatic carbocycles. The molecule has 0 unspecified atom stereocenters. The second kappa shape index (κ2) is 6.22. The molecular formula is C17H17N3O.